The summed E-state index contributed by atoms with van der Waals surface area (Å²) in [4.78, 5) is 24.7. The van der Waals surface area contributed by atoms with E-state index in [9.17, 15) is 14.9 Å². The van der Waals surface area contributed by atoms with E-state index in [2.05, 4.69) is 5.32 Å². The Labute approximate surface area is 115 Å². The maximum Gasteiger partial charge on any atom is 0.305 e. The molecule has 0 aliphatic carbocycles. The van der Waals surface area contributed by atoms with Crippen molar-refractivity contribution in [3.8, 4) is 0 Å². The van der Waals surface area contributed by atoms with Gasteiger partial charge in [0.2, 0.25) is 0 Å². The molecule has 1 saturated heterocycles. The summed E-state index contributed by atoms with van der Waals surface area (Å²) in [6.45, 7) is 1.29. The molecule has 0 atom stereocenters. The van der Waals surface area contributed by atoms with Crippen LogP contribution in [-0.2, 0) is 0 Å². The molecule has 0 saturated carbocycles. The van der Waals surface area contributed by atoms with Crippen LogP contribution in [-0.4, -0.2) is 47.4 Å². The number of amides is 1. The van der Waals surface area contributed by atoms with Crippen molar-refractivity contribution < 1.29 is 9.72 Å². The fourth-order valence-corrected chi connectivity index (χ4v) is 2.95. The van der Waals surface area contributed by atoms with Gasteiger partial charge in [-0.15, -0.1) is 0 Å². The summed E-state index contributed by atoms with van der Waals surface area (Å²) in [7, 11) is 1.61. The Morgan fingerprint density at radius 2 is 2.11 bits per heavy atom. The van der Waals surface area contributed by atoms with Crippen molar-refractivity contribution in [2.45, 2.75) is 0 Å². The first-order chi connectivity index (χ1) is 9.15. The summed E-state index contributed by atoms with van der Waals surface area (Å²) >= 11 is 1.79. The zero-order valence-corrected chi connectivity index (χ0v) is 11.4. The van der Waals surface area contributed by atoms with Crippen LogP contribution in [0, 0.1) is 10.1 Å². The summed E-state index contributed by atoms with van der Waals surface area (Å²) in [5.74, 6) is 1.50. The highest BCUT2D eigenvalue weighted by Gasteiger charge is 2.28. The van der Waals surface area contributed by atoms with E-state index in [1.165, 1.54) is 6.07 Å². The maximum absolute atomic E-state index is 12.4. The average Bonchev–Trinajstić information content (AvgIpc) is 2.46. The first-order valence-electron chi connectivity index (χ1n) is 5.97. The minimum Gasteiger partial charge on any atom is -0.383 e. The Morgan fingerprint density at radius 1 is 1.42 bits per heavy atom. The van der Waals surface area contributed by atoms with Crippen molar-refractivity contribution >= 4 is 29.0 Å². The van der Waals surface area contributed by atoms with Crippen molar-refractivity contribution in [1.82, 2.24) is 4.90 Å². The van der Waals surface area contributed by atoms with Crippen LogP contribution in [0.3, 0.4) is 0 Å². The molecule has 0 spiro atoms. The van der Waals surface area contributed by atoms with Crippen molar-refractivity contribution in [3.05, 3.63) is 33.9 Å². The molecular formula is C12H15N3O3S. The van der Waals surface area contributed by atoms with Crippen LogP contribution in [0.1, 0.15) is 10.4 Å². The van der Waals surface area contributed by atoms with E-state index < -0.39 is 4.92 Å². The van der Waals surface area contributed by atoms with Crippen LogP contribution in [0.15, 0.2) is 18.2 Å². The Bertz CT molecular complexity index is 501. The molecule has 1 aromatic carbocycles. The minimum absolute atomic E-state index is 0.145. The first-order valence-corrected chi connectivity index (χ1v) is 7.13. The monoisotopic (exact) mass is 281 g/mol. The van der Waals surface area contributed by atoms with Crippen LogP contribution < -0.4 is 5.32 Å². The van der Waals surface area contributed by atoms with E-state index in [1.807, 2.05) is 0 Å². The highest BCUT2D eigenvalue weighted by Crippen LogP contribution is 2.29. The minimum atomic E-state index is -0.502. The molecule has 6 nitrogen and oxygen atoms in total. The van der Waals surface area contributed by atoms with Gasteiger partial charge >= 0.3 is 5.69 Å². The number of nitro benzene ring substituents is 1. The summed E-state index contributed by atoms with van der Waals surface area (Å²) in [5.41, 5.74) is 0.374. The summed E-state index contributed by atoms with van der Waals surface area (Å²) < 4.78 is 0. The highest BCUT2D eigenvalue weighted by atomic mass is 32.2. The van der Waals surface area contributed by atoms with Gasteiger partial charge in [0, 0.05) is 31.6 Å². The molecular weight excluding hydrogens is 266 g/mol. The molecule has 1 aromatic rings. The molecule has 7 heteroatoms. The second-order valence-corrected chi connectivity index (χ2v) is 5.34. The number of anilines is 1. The number of para-hydroxylation sites is 1. The number of nitrogens with one attached hydrogen (secondary N) is 1. The lowest BCUT2D eigenvalue weighted by Gasteiger charge is -2.26. The predicted octanol–water partition coefficient (Wildman–Crippen LogP) is 1.83. The largest absolute Gasteiger partial charge is 0.383 e. The van der Waals surface area contributed by atoms with Gasteiger partial charge in [0.25, 0.3) is 5.91 Å². The maximum atomic E-state index is 12.4. The van der Waals surface area contributed by atoms with E-state index in [-0.39, 0.29) is 17.2 Å². The Kier molecular flexibility index (Phi) is 4.26. The molecule has 0 aromatic heterocycles. The molecule has 102 valence electrons. The molecule has 1 N–H and O–H groups in total. The van der Waals surface area contributed by atoms with Crippen molar-refractivity contribution in [1.29, 1.82) is 0 Å². The molecule has 0 bridgehead atoms. The van der Waals surface area contributed by atoms with E-state index in [4.69, 9.17) is 0 Å². The van der Waals surface area contributed by atoms with E-state index in [0.717, 1.165) is 11.5 Å². The predicted molar refractivity (Wildman–Crippen MR) is 75.9 cm³/mol. The summed E-state index contributed by atoms with van der Waals surface area (Å²) in [5, 5.41) is 13.9. The van der Waals surface area contributed by atoms with Crippen LogP contribution in [0.2, 0.25) is 0 Å². The number of hydrogen-bond acceptors (Lipinski definition) is 5. The zero-order valence-electron chi connectivity index (χ0n) is 10.6. The third-order valence-corrected chi connectivity index (χ3v) is 3.96. The normalized spacial score (nSPS) is 15.1. The lowest BCUT2D eigenvalue weighted by Crippen LogP contribution is -2.38. The fraction of sp³-hybridized carbons (Fsp3) is 0.417. The topological polar surface area (TPSA) is 75.5 Å². The van der Waals surface area contributed by atoms with Crippen LogP contribution in [0.5, 0.6) is 0 Å². The standard InChI is InChI=1S/C12H15N3O3S/c1-13-10-4-2-3-9(11(10)15(17)18)12(16)14-5-7-19-8-6-14/h2-4,13H,5-8H2,1H3. The lowest BCUT2D eigenvalue weighted by molar-refractivity contribution is -0.384. The van der Waals surface area contributed by atoms with Crippen molar-refractivity contribution in [2.75, 3.05) is 37.0 Å². The number of carbonyl (C=O) groups is 1. The smallest absolute Gasteiger partial charge is 0.305 e. The number of carbonyl (C=O) groups excluding carboxylic acids is 1. The van der Waals surface area contributed by atoms with Gasteiger partial charge in [-0.05, 0) is 12.1 Å². The number of thioether (sulfide) groups is 1. The highest BCUT2D eigenvalue weighted by molar-refractivity contribution is 7.99. The third kappa shape index (κ3) is 2.81. The van der Waals surface area contributed by atoms with E-state index >= 15 is 0 Å². The van der Waals surface area contributed by atoms with Crippen LogP contribution >= 0.6 is 11.8 Å². The van der Waals surface area contributed by atoms with Gasteiger partial charge < -0.3 is 10.2 Å². The van der Waals surface area contributed by atoms with Gasteiger partial charge in [0.15, 0.2) is 0 Å². The molecule has 1 heterocycles. The van der Waals surface area contributed by atoms with Gasteiger partial charge in [-0.2, -0.15) is 11.8 Å². The molecule has 1 amide bonds. The quantitative estimate of drug-likeness (QED) is 0.675. The molecule has 1 aliphatic heterocycles. The SMILES string of the molecule is CNc1cccc(C(=O)N2CCSCC2)c1[N+](=O)[O-]. The summed E-state index contributed by atoms with van der Waals surface area (Å²) in [6.07, 6.45) is 0. The van der Waals surface area contributed by atoms with Crippen molar-refractivity contribution in [3.63, 3.8) is 0 Å². The Hall–Kier alpha value is -1.76. The number of nitrogens with zero attached hydrogens (tertiary/aromatic N) is 2. The Morgan fingerprint density at radius 3 is 2.68 bits per heavy atom. The second-order valence-electron chi connectivity index (χ2n) is 4.11. The van der Waals surface area contributed by atoms with Crippen LogP contribution in [0.25, 0.3) is 0 Å². The molecule has 1 fully saturated rings. The third-order valence-electron chi connectivity index (χ3n) is 3.02. The zero-order chi connectivity index (χ0) is 13.8. The molecule has 0 radical (unpaired) electrons. The number of nitro groups is 1. The van der Waals surface area contributed by atoms with Crippen molar-refractivity contribution in [2.24, 2.45) is 0 Å². The van der Waals surface area contributed by atoms with E-state index in [0.29, 0.717) is 18.8 Å². The van der Waals surface area contributed by atoms with E-state index in [1.54, 1.807) is 35.8 Å². The fourth-order valence-electron chi connectivity index (χ4n) is 2.05. The first kappa shape index (κ1) is 13.7. The van der Waals surface area contributed by atoms with Crippen LogP contribution in [0.4, 0.5) is 11.4 Å². The number of hydrogen-bond donors (Lipinski definition) is 1. The Balaban J connectivity index is 2.37. The van der Waals surface area contributed by atoms with Gasteiger partial charge in [0.05, 0.1) is 4.92 Å². The molecule has 1 aliphatic rings. The lowest BCUT2D eigenvalue weighted by atomic mass is 10.1. The van der Waals surface area contributed by atoms with Gasteiger partial charge in [-0.1, -0.05) is 6.07 Å². The molecule has 19 heavy (non-hydrogen) atoms. The number of benzene rings is 1. The molecule has 2 rings (SSSR count). The number of rotatable bonds is 3. The van der Waals surface area contributed by atoms with Gasteiger partial charge in [-0.25, -0.2) is 0 Å². The summed E-state index contributed by atoms with van der Waals surface area (Å²) in [6, 6.07) is 4.77. The second kappa shape index (κ2) is 5.92. The van der Waals surface area contributed by atoms with Gasteiger partial charge in [-0.3, -0.25) is 14.9 Å². The molecule has 0 unspecified atom stereocenters. The average molecular weight is 281 g/mol. The van der Waals surface area contributed by atoms with Gasteiger partial charge in [0.1, 0.15) is 11.3 Å².